The highest BCUT2D eigenvalue weighted by molar-refractivity contribution is 6.42. The maximum atomic E-state index is 14.6. The number of aliphatic hydroxyl groups is 1. The van der Waals surface area contributed by atoms with Gasteiger partial charge < -0.3 is 5.11 Å². The van der Waals surface area contributed by atoms with E-state index >= 15 is 0 Å². The number of carbonyl (C=O) groups is 1. The molecule has 2 nitrogen and oxygen atoms in total. The van der Waals surface area contributed by atoms with Crippen LogP contribution < -0.4 is 0 Å². The van der Waals surface area contributed by atoms with Gasteiger partial charge in [0.1, 0.15) is 5.76 Å². The fourth-order valence-corrected chi connectivity index (χ4v) is 4.62. The van der Waals surface area contributed by atoms with Crippen LogP contribution in [0, 0.1) is 17.7 Å². The zero-order valence-electron chi connectivity index (χ0n) is 14.9. The number of aryl methyl sites for hydroxylation is 1. The molecule has 2 aromatic rings. The molecule has 140 valence electrons. The van der Waals surface area contributed by atoms with Gasteiger partial charge in [0, 0.05) is 17.4 Å². The van der Waals surface area contributed by atoms with Crippen molar-refractivity contribution in [3.63, 3.8) is 0 Å². The summed E-state index contributed by atoms with van der Waals surface area (Å²) >= 11 is 11.9. The van der Waals surface area contributed by atoms with Crippen LogP contribution in [0.5, 0.6) is 0 Å². The quantitative estimate of drug-likeness (QED) is 0.582. The average Bonchev–Trinajstić information content (AvgIpc) is 3.12. The van der Waals surface area contributed by atoms with E-state index in [0.717, 1.165) is 24.8 Å². The van der Waals surface area contributed by atoms with E-state index in [2.05, 4.69) is 0 Å². The lowest BCUT2D eigenvalue weighted by atomic mass is 9.81. The Bertz CT molecular complexity index is 981. The smallest absolute Gasteiger partial charge is 0.169 e. The molecule has 2 aromatic carbocycles. The molecule has 0 spiro atoms. The molecule has 2 unspecified atom stereocenters. The number of carbonyl (C=O) groups excluding carboxylic acids is 1. The Morgan fingerprint density at radius 1 is 1.11 bits per heavy atom. The van der Waals surface area contributed by atoms with Gasteiger partial charge >= 0.3 is 0 Å². The van der Waals surface area contributed by atoms with Crippen LogP contribution in [-0.2, 0) is 11.2 Å². The Kier molecular flexibility index (Phi) is 4.77. The average molecular weight is 405 g/mol. The molecule has 0 amide bonds. The van der Waals surface area contributed by atoms with Gasteiger partial charge in [-0.1, -0.05) is 42.3 Å². The zero-order chi connectivity index (χ0) is 19.3. The molecule has 2 aliphatic carbocycles. The van der Waals surface area contributed by atoms with Crippen molar-refractivity contribution in [2.45, 2.75) is 32.6 Å². The van der Waals surface area contributed by atoms with Crippen LogP contribution in [0.3, 0.4) is 0 Å². The van der Waals surface area contributed by atoms with Crippen molar-refractivity contribution in [1.29, 1.82) is 0 Å². The van der Waals surface area contributed by atoms with Crippen LogP contribution in [-0.4, -0.2) is 10.9 Å². The Morgan fingerprint density at radius 3 is 2.59 bits per heavy atom. The summed E-state index contributed by atoms with van der Waals surface area (Å²) in [6.07, 6.45) is 3.10. The van der Waals surface area contributed by atoms with Gasteiger partial charge in [-0.3, -0.25) is 4.79 Å². The number of hydrogen-bond donors (Lipinski definition) is 1. The molecule has 27 heavy (non-hydrogen) atoms. The summed E-state index contributed by atoms with van der Waals surface area (Å²) in [5.74, 6) is -0.362. The van der Waals surface area contributed by atoms with Gasteiger partial charge in [-0.25, -0.2) is 4.39 Å². The van der Waals surface area contributed by atoms with E-state index in [9.17, 15) is 14.3 Å². The van der Waals surface area contributed by atoms with Crippen molar-refractivity contribution in [1.82, 2.24) is 0 Å². The maximum absolute atomic E-state index is 14.6. The predicted octanol–water partition coefficient (Wildman–Crippen LogP) is 6.63. The van der Waals surface area contributed by atoms with Gasteiger partial charge in [0.2, 0.25) is 0 Å². The first-order valence-electron chi connectivity index (χ1n) is 9.16. The van der Waals surface area contributed by atoms with Crippen molar-refractivity contribution >= 4 is 34.6 Å². The first-order valence-corrected chi connectivity index (χ1v) is 9.92. The highest BCUT2D eigenvalue weighted by Crippen LogP contribution is 2.46. The predicted molar refractivity (Wildman–Crippen MR) is 107 cm³/mol. The van der Waals surface area contributed by atoms with Crippen molar-refractivity contribution < 1.29 is 14.3 Å². The summed E-state index contributed by atoms with van der Waals surface area (Å²) in [4.78, 5) is 12.9. The fraction of sp³-hybridized carbons (Fsp3) is 0.318. The fourth-order valence-electron chi connectivity index (χ4n) is 4.31. The molecule has 0 heterocycles. The molecule has 1 N–H and O–H groups in total. The molecule has 0 aromatic heterocycles. The minimum atomic E-state index is -0.590. The number of Topliss-reactive ketones (excluding diaryl/α,β-unsaturated/α-hetero) is 1. The van der Waals surface area contributed by atoms with Gasteiger partial charge in [-0.2, -0.15) is 0 Å². The Hall–Kier alpha value is -1.84. The molecule has 0 radical (unpaired) electrons. The zero-order valence-corrected chi connectivity index (χ0v) is 16.4. The van der Waals surface area contributed by atoms with E-state index < -0.39 is 5.82 Å². The molecule has 1 saturated carbocycles. The lowest BCUT2D eigenvalue weighted by molar-refractivity contribution is -0.117. The van der Waals surface area contributed by atoms with E-state index in [1.165, 1.54) is 0 Å². The molecule has 0 aliphatic heterocycles. The third-order valence-corrected chi connectivity index (χ3v) is 6.58. The van der Waals surface area contributed by atoms with Crippen molar-refractivity contribution in [3.05, 3.63) is 63.1 Å². The molecule has 1 fully saturated rings. The molecule has 2 bridgehead atoms. The largest absolute Gasteiger partial charge is 0.511 e. The second kappa shape index (κ2) is 6.96. The SMILES string of the molecule is CCc1ccc(-c2ccc(Cl)c(Cl)c2F)cc1C1=C(O)C2CCC(C2)C1=O. The van der Waals surface area contributed by atoms with Gasteiger partial charge in [-0.05, 0) is 60.6 Å². The molecule has 2 aliphatic rings. The summed E-state index contributed by atoms with van der Waals surface area (Å²) < 4.78 is 14.6. The summed E-state index contributed by atoms with van der Waals surface area (Å²) in [6.45, 7) is 2.00. The molecule has 4 rings (SSSR count). The number of fused-ring (bicyclic) bond motifs is 2. The number of hydrogen-bond acceptors (Lipinski definition) is 2. The highest BCUT2D eigenvalue weighted by atomic mass is 35.5. The molecular formula is C22H19Cl2FO2. The van der Waals surface area contributed by atoms with Crippen LogP contribution in [0.25, 0.3) is 16.7 Å². The number of benzene rings is 2. The van der Waals surface area contributed by atoms with Crippen molar-refractivity contribution in [2.75, 3.05) is 0 Å². The van der Waals surface area contributed by atoms with Gasteiger partial charge in [0.05, 0.1) is 15.6 Å². The minimum Gasteiger partial charge on any atom is -0.511 e. The summed E-state index contributed by atoms with van der Waals surface area (Å²) in [7, 11) is 0. The monoisotopic (exact) mass is 404 g/mol. The van der Waals surface area contributed by atoms with Gasteiger partial charge in [0.25, 0.3) is 0 Å². The number of rotatable bonds is 3. The Morgan fingerprint density at radius 2 is 1.85 bits per heavy atom. The van der Waals surface area contributed by atoms with Crippen molar-refractivity contribution in [3.8, 4) is 11.1 Å². The van der Waals surface area contributed by atoms with E-state index in [1.807, 2.05) is 19.1 Å². The molecule has 2 atom stereocenters. The van der Waals surface area contributed by atoms with Gasteiger partial charge in [-0.15, -0.1) is 0 Å². The lowest BCUT2D eigenvalue weighted by Gasteiger charge is -2.23. The first-order chi connectivity index (χ1) is 12.9. The standard InChI is InChI=1S/C22H19Cl2FO2/c1-2-11-3-4-12(15-7-8-17(23)19(24)20(15)25)10-16(11)18-21(26)13-5-6-14(9-13)22(18)27/h3-4,7-8,10,13-14,26H,2,5-6,9H2,1H3. The Labute approximate surface area is 167 Å². The third kappa shape index (κ3) is 2.97. The maximum Gasteiger partial charge on any atom is 0.169 e. The van der Waals surface area contributed by atoms with E-state index in [0.29, 0.717) is 28.7 Å². The number of aliphatic hydroxyl groups excluding tert-OH is 1. The highest BCUT2D eigenvalue weighted by Gasteiger charge is 2.41. The lowest BCUT2D eigenvalue weighted by Crippen LogP contribution is -2.22. The second-order valence-electron chi connectivity index (χ2n) is 7.28. The minimum absolute atomic E-state index is 0.00251. The Balaban J connectivity index is 1.90. The van der Waals surface area contributed by atoms with Crippen molar-refractivity contribution in [2.24, 2.45) is 11.8 Å². The molecule has 0 saturated heterocycles. The van der Waals surface area contributed by atoms with Crippen LogP contribution >= 0.6 is 23.2 Å². The van der Waals surface area contributed by atoms with E-state index in [4.69, 9.17) is 23.2 Å². The summed E-state index contributed by atoms with van der Waals surface area (Å²) in [5.41, 5.74) is 2.98. The van der Waals surface area contributed by atoms with Crippen LogP contribution in [0.15, 0.2) is 36.1 Å². The van der Waals surface area contributed by atoms with E-state index in [-0.39, 0.29) is 33.4 Å². The second-order valence-corrected chi connectivity index (χ2v) is 8.06. The van der Waals surface area contributed by atoms with Crippen LogP contribution in [0.4, 0.5) is 4.39 Å². The topological polar surface area (TPSA) is 37.3 Å². The summed E-state index contributed by atoms with van der Waals surface area (Å²) in [5, 5.41) is 10.8. The third-order valence-electron chi connectivity index (χ3n) is 5.80. The molecular weight excluding hydrogens is 386 g/mol. The molecule has 5 heteroatoms. The number of allylic oxidation sites excluding steroid dienone is 2. The normalized spacial score (nSPS) is 21.9. The first kappa shape index (κ1) is 18.5. The summed E-state index contributed by atoms with van der Waals surface area (Å²) in [6, 6.07) is 8.62. The van der Waals surface area contributed by atoms with E-state index in [1.54, 1.807) is 18.2 Å². The van der Waals surface area contributed by atoms with Gasteiger partial charge in [0.15, 0.2) is 11.6 Å². The number of ketones is 1. The van der Waals surface area contributed by atoms with Crippen LogP contribution in [0.2, 0.25) is 10.0 Å². The van der Waals surface area contributed by atoms with Crippen LogP contribution in [0.1, 0.15) is 37.3 Å². The number of halogens is 3.